The van der Waals surface area contributed by atoms with Crippen LogP contribution in [0.4, 0.5) is 0 Å². The molecule has 4 nitrogen and oxygen atoms in total. The second-order valence-electron chi connectivity index (χ2n) is 2.87. The molecule has 0 radical (unpaired) electrons. The zero-order chi connectivity index (χ0) is 11.7. The molecule has 0 aliphatic heterocycles. The lowest BCUT2D eigenvalue weighted by molar-refractivity contribution is 0.787. The summed E-state index contributed by atoms with van der Waals surface area (Å²) >= 11 is 18.8. The minimum Gasteiger partial charge on any atom is -0.311 e. The lowest BCUT2D eigenvalue weighted by Gasteiger charge is -2.03. The molecule has 0 unspecified atom stereocenters. The molecular weight excluding hydrogens is 291 g/mol. The summed E-state index contributed by atoms with van der Waals surface area (Å²) in [5, 5.41) is 9.86. The third kappa shape index (κ3) is 2.43. The van der Waals surface area contributed by atoms with Crippen molar-refractivity contribution in [2.75, 3.05) is 0 Å². The van der Waals surface area contributed by atoms with E-state index in [0.717, 1.165) is 0 Å². The summed E-state index contributed by atoms with van der Waals surface area (Å²) in [4.78, 5) is 4.07. The van der Waals surface area contributed by atoms with Crippen LogP contribution in [0, 0.1) is 0 Å². The number of pyridine rings is 1. The lowest BCUT2D eigenvalue weighted by atomic mass is 10.5. The summed E-state index contributed by atoms with van der Waals surface area (Å²) in [7, 11) is 1.83. The van der Waals surface area contributed by atoms with Crippen molar-refractivity contribution in [3.63, 3.8) is 0 Å². The van der Waals surface area contributed by atoms with E-state index in [1.165, 1.54) is 11.8 Å². The Morgan fingerprint density at radius 1 is 1.25 bits per heavy atom. The van der Waals surface area contributed by atoms with Crippen molar-refractivity contribution in [2.45, 2.75) is 10.2 Å². The number of halogens is 3. The van der Waals surface area contributed by atoms with E-state index >= 15 is 0 Å². The van der Waals surface area contributed by atoms with Gasteiger partial charge < -0.3 is 4.57 Å². The number of rotatable bonds is 2. The van der Waals surface area contributed by atoms with E-state index in [-0.39, 0.29) is 5.15 Å². The lowest BCUT2D eigenvalue weighted by Crippen LogP contribution is -1.91. The molecule has 0 saturated carbocycles. The van der Waals surface area contributed by atoms with E-state index in [1.54, 1.807) is 17.0 Å². The topological polar surface area (TPSA) is 43.6 Å². The van der Waals surface area contributed by atoms with Gasteiger partial charge in [-0.25, -0.2) is 4.98 Å². The molecule has 0 aromatic carbocycles. The first-order chi connectivity index (χ1) is 7.58. The minimum absolute atomic E-state index is 0.218. The van der Waals surface area contributed by atoms with Gasteiger partial charge >= 0.3 is 0 Å². The molecule has 8 heteroatoms. The first kappa shape index (κ1) is 12.0. The monoisotopic (exact) mass is 294 g/mol. The summed E-state index contributed by atoms with van der Waals surface area (Å²) in [5.41, 5.74) is 0. The molecule has 0 saturated heterocycles. The van der Waals surface area contributed by atoms with Crippen LogP contribution in [0.3, 0.4) is 0 Å². The highest BCUT2D eigenvalue weighted by Crippen LogP contribution is 2.34. The van der Waals surface area contributed by atoms with Crippen LogP contribution in [0.1, 0.15) is 0 Å². The summed E-state index contributed by atoms with van der Waals surface area (Å²) in [6.45, 7) is 0. The number of nitrogens with zero attached hydrogens (tertiary/aromatic N) is 4. The van der Waals surface area contributed by atoms with Gasteiger partial charge in [-0.3, -0.25) is 0 Å². The van der Waals surface area contributed by atoms with Gasteiger partial charge in [-0.05, 0) is 17.8 Å². The van der Waals surface area contributed by atoms with Crippen LogP contribution in [0.15, 0.2) is 22.6 Å². The average Bonchev–Trinajstić information content (AvgIpc) is 2.61. The van der Waals surface area contributed by atoms with Crippen LogP contribution in [-0.2, 0) is 7.05 Å². The molecule has 0 fully saturated rings. The molecule has 0 amide bonds. The number of aromatic nitrogens is 4. The van der Waals surface area contributed by atoms with Gasteiger partial charge in [0.1, 0.15) is 16.5 Å². The van der Waals surface area contributed by atoms with E-state index < -0.39 is 0 Å². The maximum absolute atomic E-state index is 5.99. The third-order valence-corrected chi connectivity index (χ3v) is 3.84. The van der Waals surface area contributed by atoms with Crippen LogP contribution >= 0.6 is 46.6 Å². The van der Waals surface area contributed by atoms with Crippen LogP contribution in [-0.4, -0.2) is 19.7 Å². The minimum atomic E-state index is 0.218. The average molecular weight is 296 g/mol. The van der Waals surface area contributed by atoms with E-state index in [0.29, 0.717) is 20.2 Å². The van der Waals surface area contributed by atoms with E-state index in [1.807, 2.05) is 7.05 Å². The zero-order valence-corrected chi connectivity index (χ0v) is 11.1. The van der Waals surface area contributed by atoms with Crippen LogP contribution in [0.5, 0.6) is 0 Å². The maximum Gasteiger partial charge on any atom is 0.197 e. The summed E-state index contributed by atoms with van der Waals surface area (Å²) in [6, 6.07) is 1.55. The smallest absolute Gasteiger partial charge is 0.197 e. The molecule has 2 aromatic heterocycles. The molecule has 0 bridgehead atoms. The summed E-state index contributed by atoms with van der Waals surface area (Å²) in [5.74, 6) is 0. The van der Waals surface area contributed by atoms with Gasteiger partial charge in [-0.2, -0.15) is 0 Å². The quantitative estimate of drug-likeness (QED) is 0.797. The molecule has 0 aliphatic rings. The Kier molecular flexibility index (Phi) is 3.59. The summed E-state index contributed by atoms with van der Waals surface area (Å²) < 4.78 is 1.76. The van der Waals surface area contributed by atoms with Gasteiger partial charge in [0.15, 0.2) is 5.16 Å². The van der Waals surface area contributed by atoms with Gasteiger partial charge in [-0.15, -0.1) is 10.2 Å². The van der Waals surface area contributed by atoms with Gasteiger partial charge in [0.05, 0.1) is 10.0 Å². The second kappa shape index (κ2) is 4.79. The Balaban J connectivity index is 2.35. The highest BCUT2D eigenvalue weighted by molar-refractivity contribution is 7.99. The van der Waals surface area contributed by atoms with E-state index in [2.05, 4.69) is 15.2 Å². The highest BCUT2D eigenvalue weighted by atomic mass is 35.5. The molecular formula is C8H5Cl3N4S. The zero-order valence-electron chi connectivity index (χ0n) is 7.99. The SMILES string of the molecule is Cn1cnnc1Sc1nc(Cl)c(Cl)cc1Cl. The molecule has 2 heterocycles. The fourth-order valence-electron chi connectivity index (χ4n) is 0.952. The predicted octanol–water partition coefficient (Wildman–Crippen LogP) is 3.32. The largest absolute Gasteiger partial charge is 0.311 e. The van der Waals surface area contributed by atoms with Crippen LogP contribution in [0.25, 0.3) is 0 Å². The van der Waals surface area contributed by atoms with Crippen LogP contribution in [0.2, 0.25) is 15.2 Å². The van der Waals surface area contributed by atoms with Gasteiger partial charge in [-0.1, -0.05) is 34.8 Å². The predicted molar refractivity (Wildman–Crippen MR) is 64.4 cm³/mol. The number of hydrogen-bond donors (Lipinski definition) is 0. The Hall–Kier alpha value is -0.490. The Morgan fingerprint density at radius 3 is 2.62 bits per heavy atom. The van der Waals surface area contributed by atoms with Crippen LogP contribution < -0.4 is 0 Å². The third-order valence-electron chi connectivity index (χ3n) is 1.71. The van der Waals surface area contributed by atoms with Crippen molar-refractivity contribution >= 4 is 46.6 Å². The first-order valence-electron chi connectivity index (χ1n) is 4.11. The molecule has 84 valence electrons. The van der Waals surface area contributed by atoms with Crippen molar-refractivity contribution in [2.24, 2.45) is 7.05 Å². The molecule has 16 heavy (non-hydrogen) atoms. The number of aryl methyl sites for hydroxylation is 1. The van der Waals surface area contributed by atoms with Gasteiger partial charge in [0.2, 0.25) is 0 Å². The molecule has 2 rings (SSSR count). The van der Waals surface area contributed by atoms with Crippen molar-refractivity contribution in [1.29, 1.82) is 0 Å². The molecule has 0 aliphatic carbocycles. The Bertz CT molecular complexity index is 528. The second-order valence-corrected chi connectivity index (χ2v) is 5.00. The Labute approximate surface area is 111 Å². The fraction of sp³-hybridized carbons (Fsp3) is 0.125. The van der Waals surface area contributed by atoms with Crippen molar-refractivity contribution in [1.82, 2.24) is 19.7 Å². The fourth-order valence-corrected chi connectivity index (χ4v) is 2.36. The highest BCUT2D eigenvalue weighted by Gasteiger charge is 2.12. The van der Waals surface area contributed by atoms with Crippen molar-refractivity contribution in [3.8, 4) is 0 Å². The molecule has 0 N–H and O–H groups in total. The maximum atomic E-state index is 5.99. The van der Waals surface area contributed by atoms with Crippen molar-refractivity contribution < 1.29 is 0 Å². The number of hydrogen-bond acceptors (Lipinski definition) is 4. The van der Waals surface area contributed by atoms with E-state index in [4.69, 9.17) is 34.8 Å². The summed E-state index contributed by atoms with van der Waals surface area (Å²) in [6.07, 6.45) is 1.59. The molecule has 0 atom stereocenters. The molecule has 2 aromatic rings. The normalized spacial score (nSPS) is 10.8. The van der Waals surface area contributed by atoms with Gasteiger partial charge in [0.25, 0.3) is 0 Å². The standard InChI is InChI=1S/C8H5Cl3N4S/c1-15-3-12-14-8(15)16-7-5(10)2-4(9)6(11)13-7/h2-3H,1H3. The van der Waals surface area contributed by atoms with E-state index in [9.17, 15) is 0 Å². The Morgan fingerprint density at radius 2 is 2.00 bits per heavy atom. The van der Waals surface area contributed by atoms with Gasteiger partial charge in [0, 0.05) is 7.05 Å². The molecule has 0 spiro atoms. The first-order valence-corrected chi connectivity index (χ1v) is 6.06. The van der Waals surface area contributed by atoms with Crippen molar-refractivity contribution in [3.05, 3.63) is 27.6 Å².